The van der Waals surface area contributed by atoms with Crippen LogP contribution in [-0.4, -0.2) is 14.1 Å². The molecule has 0 atom stereocenters. The first kappa shape index (κ1) is 11.1. The van der Waals surface area contributed by atoms with Crippen LogP contribution in [0.1, 0.15) is 16.7 Å². The number of anilines is 1. The highest BCUT2D eigenvalue weighted by Gasteiger charge is 2.14. The second-order valence-electron chi connectivity index (χ2n) is 4.99. The van der Waals surface area contributed by atoms with Gasteiger partial charge in [-0.2, -0.15) is 0 Å². The Morgan fingerprint density at radius 2 is 1.72 bits per heavy atom. The molecule has 90 valence electrons. The fraction of sp³-hybridized carbons (Fsp3) is 0.176. The quantitative estimate of drug-likeness (QED) is 0.764. The van der Waals surface area contributed by atoms with Crippen molar-refractivity contribution in [3.8, 4) is 0 Å². The predicted octanol–water partition coefficient (Wildman–Crippen LogP) is 3.85. The van der Waals surface area contributed by atoms with Crippen molar-refractivity contribution >= 4 is 17.3 Å². The monoisotopic (exact) mass is 235 g/mol. The van der Waals surface area contributed by atoms with Gasteiger partial charge in [0.15, 0.2) is 0 Å². The number of hydrogen-bond donors (Lipinski definition) is 0. The van der Waals surface area contributed by atoms with E-state index in [1.54, 1.807) is 0 Å². The Hall–Kier alpha value is -2.02. The first-order chi connectivity index (χ1) is 8.74. The molecule has 0 unspecified atom stereocenters. The van der Waals surface area contributed by atoms with Crippen molar-refractivity contribution in [1.82, 2.24) is 0 Å². The minimum atomic E-state index is 1.04. The summed E-state index contributed by atoms with van der Waals surface area (Å²) >= 11 is 0. The Labute approximate surface area is 108 Å². The molecule has 0 amide bonds. The van der Waals surface area contributed by atoms with Gasteiger partial charge in [0, 0.05) is 19.8 Å². The maximum Gasteiger partial charge on any atom is 0.0364 e. The zero-order valence-electron chi connectivity index (χ0n) is 10.9. The van der Waals surface area contributed by atoms with Gasteiger partial charge in [-0.15, -0.1) is 0 Å². The van der Waals surface area contributed by atoms with E-state index in [-0.39, 0.29) is 0 Å². The second kappa shape index (κ2) is 4.34. The van der Waals surface area contributed by atoms with Crippen molar-refractivity contribution in [2.24, 2.45) is 0 Å². The molecule has 0 spiro atoms. The van der Waals surface area contributed by atoms with E-state index in [1.807, 2.05) is 0 Å². The number of fused-ring (bicyclic) bond motifs is 1. The fourth-order valence-corrected chi connectivity index (χ4v) is 2.45. The number of rotatable bonds is 2. The lowest BCUT2D eigenvalue weighted by Gasteiger charge is -2.13. The van der Waals surface area contributed by atoms with Crippen molar-refractivity contribution in [2.75, 3.05) is 19.0 Å². The molecule has 0 bridgehead atoms. The van der Waals surface area contributed by atoms with E-state index in [1.165, 1.54) is 28.0 Å². The average Bonchev–Trinajstić information content (AvgIpc) is 2.82. The molecular weight excluding hydrogens is 218 g/mol. The number of hydrogen-bond acceptors (Lipinski definition) is 1. The summed E-state index contributed by atoms with van der Waals surface area (Å²) in [6, 6.07) is 17.3. The summed E-state index contributed by atoms with van der Waals surface area (Å²) in [7, 11) is 4.17. The number of allylic oxidation sites excluding steroid dienone is 1. The van der Waals surface area contributed by atoms with Gasteiger partial charge < -0.3 is 4.90 Å². The van der Waals surface area contributed by atoms with E-state index >= 15 is 0 Å². The van der Waals surface area contributed by atoms with Crippen LogP contribution in [0.3, 0.4) is 0 Å². The van der Waals surface area contributed by atoms with E-state index in [9.17, 15) is 0 Å². The molecular formula is C17H17N. The van der Waals surface area contributed by atoms with Crippen LogP contribution in [0.4, 0.5) is 5.69 Å². The highest BCUT2D eigenvalue weighted by atomic mass is 15.1. The third-order valence-corrected chi connectivity index (χ3v) is 3.50. The Kier molecular flexibility index (Phi) is 2.67. The molecule has 1 nitrogen and oxygen atoms in total. The number of nitrogens with zero attached hydrogens (tertiary/aromatic N) is 1. The van der Waals surface area contributed by atoms with Crippen LogP contribution in [-0.2, 0) is 6.42 Å². The molecule has 0 radical (unpaired) electrons. The first-order valence-corrected chi connectivity index (χ1v) is 6.30. The van der Waals surface area contributed by atoms with Crippen molar-refractivity contribution in [3.05, 3.63) is 65.2 Å². The zero-order valence-corrected chi connectivity index (χ0v) is 10.9. The van der Waals surface area contributed by atoms with Gasteiger partial charge in [-0.1, -0.05) is 42.5 Å². The topological polar surface area (TPSA) is 3.24 Å². The van der Waals surface area contributed by atoms with Crippen LogP contribution in [0.2, 0.25) is 0 Å². The zero-order chi connectivity index (χ0) is 12.5. The Morgan fingerprint density at radius 3 is 2.44 bits per heavy atom. The van der Waals surface area contributed by atoms with Crippen molar-refractivity contribution in [2.45, 2.75) is 6.42 Å². The van der Waals surface area contributed by atoms with Crippen molar-refractivity contribution in [3.63, 3.8) is 0 Å². The minimum Gasteiger partial charge on any atom is -0.378 e. The summed E-state index contributed by atoms with van der Waals surface area (Å²) in [6.07, 6.45) is 3.35. The molecule has 2 aromatic rings. The molecule has 2 aromatic carbocycles. The Bertz CT molecular complexity index is 594. The van der Waals surface area contributed by atoms with Gasteiger partial charge >= 0.3 is 0 Å². The summed E-state index contributed by atoms with van der Waals surface area (Å²) in [5, 5.41) is 0. The lowest BCUT2D eigenvalue weighted by atomic mass is 10.0. The van der Waals surface area contributed by atoms with E-state index in [4.69, 9.17) is 0 Å². The largest absolute Gasteiger partial charge is 0.378 e. The van der Waals surface area contributed by atoms with E-state index < -0.39 is 0 Å². The molecule has 0 saturated heterocycles. The predicted molar refractivity (Wildman–Crippen MR) is 78.8 cm³/mol. The third-order valence-electron chi connectivity index (χ3n) is 3.50. The lowest BCUT2D eigenvalue weighted by molar-refractivity contribution is 1.12. The molecule has 0 heterocycles. The lowest BCUT2D eigenvalue weighted by Crippen LogP contribution is -2.08. The van der Waals surface area contributed by atoms with Gasteiger partial charge in [0.05, 0.1) is 0 Å². The maximum absolute atomic E-state index is 2.31. The third kappa shape index (κ3) is 1.92. The summed E-state index contributed by atoms with van der Waals surface area (Å²) in [5.41, 5.74) is 6.82. The van der Waals surface area contributed by atoms with Gasteiger partial charge in [0.2, 0.25) is 0 Å². The normalized spacial score (nSPS) is 13.1. The molecule has 3 rings (SSSR count). The molecule has 1 aliphatic rings. The first-order valence-electron chi connectivity index (χ1n) is 6.30. The molecule has 0 aliphatic heterocycles. The SMILES string of the molecule is CN(C)c1ccc2c(c1)CC(c1ccccc1)=C2. The van der Waals surface area contributed by atoms with Crippen LogP contribution < -0.4 is 4.90 Å². The summed E-state index contributed by atoms with van der Waals surface area (Å²) < 4.78 is 0. The van der Waals surface area contributed by atoms with Gasteiger partial charge in [-0.05, 0) is 40.8 Å². The van der Waals surface area contributed by atoms with Crippen LogP contribution in [0.25, 0.3) is 11.6 Å². The minimum absolute atomic E-state index is 1.04. The molecule has 0 saturated carbocycles. The van der Waals surface area contributed by atoms with Gasteiger partial charge in [-0.3, -0.25) is 0 Å². The standard InChI is InChI=1S/C17H17N/c1-18(2)17-9-8-14-10-15(11-16(14)12-17)13-6-4-3-5-7-13/h3-10,12H,11H2,1-2H3. The molecule has 18 heavy (non-hydrogen) atoms. The van der Waals surface area contributed by atoms with E-state index in [0.717, 1.165) is 6.42 Å². The summed E-state index contributed by atoms with van der Waals surface area (Å²) in [4.78, 5) is 2.15. The molecule has 1 aliphatic carbocycles. The van der Waals surface area contributed by atoms with Gasteiger partial charge in [-0.25, -0.2) is 0 Å². The average molecular weight is 235 g/mol. The molecule has 0 fully saturated rings. The smallest absolute Gasteiger partial charge is 0.0364 e. The van der Waals surface area contributed by atoms with Crippen LogP contribution >= 0.6 is 0 Å². The van der Waals surface area contributed by atoms with Crippen molar-refractivity contribution in [1.29, 1.82) is 0 Å². The summed E-state index contributed by atoms with van der Waals surface area (Å²) in [6.45, 7) is 0. The molecule has 1 heteroatoms. The second-order valence-corrected chi connectivity index (χ2v) is 4.99. The molecule has 0 N–H and O–H groups in total. The number of benzene rings is 2. The van der Waals surface area contributed by atoms with E-state index in [0.29, 0.717) is 0 Å². The maximum atomic E-state index is 2.31. The van der Waals surface area contributed by atoms with E-state index in [2.05, 4.69) is 73.6 Å². The van der Waals surface area contributed by atoms with Crippen LogP contribution in [0, 0.1) is 0 Å². The Balaban J connectivity index is 1.94. The fourth-order valence-electron chi connectivity index (χ4n) is 2.45. The summed E-state index contributed by atoms with van der Waals surface area (Å²) in [5.74, 6) is 0. The van der Waals surface area contributed by atoms with Gasteiger partial charge in [0.25, 0.3) is 0 Å². The van der Waals surface area contributed by atoms with Gasteiger partial charge in [0.1, 0.15) is 0 Å². The van der Waals surface area contributed by atoms with Crippen LogP contribution in [0.5, 0.6) is 0 Å². The van der Waals surface area contributed by atoms with Crippen LogP contribution in [0.15, 0.2) is 48.5 Å². The highest BCUT2D eigenvalue weighted by molar-refractivity contribution is 5.89. The highest BCUT2D eigenvalue weighted by Crippen LogP contribution is 2.33. The molecule has 0 aromatic heterocycles. The van der Waals surface area contributed by atoms with Crippen molar-refractivity contribution < 1.29 is 0 Å². The Morgan fingerprint density at radius 1 is 0.944 bits per heavy atom.